The zero-order chi connectivity index (χ0) is 25.4. The number of fused-ring (bicyclic) bond motifs is 2. The van der Waals surface area contributed by atoms with Gasteiger partial charge in [-0.15, -0.1) is 0 Å². The summed E-state index contributed by atoms with van der Waals surface area (Å²) < 4.78 is 18.4. The number of halogens is 1. The minimum Gasteiger partial charge on any atom is -0.490 e. The molecular formula is C28H23BrN2O5. The second-order valence-corrected chi connectivity index (χ2v) is 9.18. The van der Waals surface area contributed by atoms with Gasteiger partial charge in [-0.1, -0.05) is 40.7 Å². The van der Waals surface area contributed by atoms with E-state index >= 15 is 0 Å². The molecule has 0 aliphatic carbocycles. The minimum atomic E-state index is -0.769. The number of pyridine rings is 1. The first-order valence-electron chi connectivity index (χ1n) is 11.5. The first-order chi connectivity index (χ1) is 17.4. The van der Waals surface area contributed by atoms with E-state index in [1.165, 1.54) is 4.90 Å². The summed E-state index contributed by atoms with van der Waals surface area (Å²) in [5.41, 5.74) is 1.74. The molecule has 1 aliphatic heterocycles. The Kier molecular flexibility index (Phi) is 6.36. The standard InChI is InChI=1S/C28H23BrN2O5/c1-4-13-35-21-11-9-17(14-22(21)34-5-2)25-24-26(32)19-15-18(29)10-12-20(19)36-27(24)28(33)31(25)23-8-6-7-16(3)30-23/h4,6-12,14-15,25H,1,5,13H2,2-3H3. The van der Waals surface area contributed by atoms with Crippen LogP contribution in [0.3, 0.4) is 0 Å². The van der Waals surface area contributed by atoms with E-state index in [2.05, 4.69) is 27.5 Å². The SMILES string of the molecule is C=CCOc1ccc(C2c3c(oc4ccc(Br)cc4c3=O)C(=O)N2c2cccc(C)n2)cc1OCC. The van der Waals surface area contributed by atoms with Crippen LogP contribution in [0.5, 0.6) is 11.5 Å². The molecule has 0 radical (unpaired) electrons. The Labute approximate surface area is 216 Å². The van der Waals surface area contributed by atoms with E-state index < -0.39 is 11.9 Å². The van der Waals surface area contributed by atoms with Gasteiger partial charge in [0.2, 0.25) is 5.76 Å². The molecule has 0 spiro atoms. The molecule has 0 saturated heterocycles. The van der Waals surface area contributed by atoms with Gasteiger partial charge in [-0.2, -0.15) is 0 Å². The van der Waals surface area contributed by atoms with Gasteiger partial charge >= 0.3 is 0 Å². The average molecular weight is 547 g/mol. The number of benzene rings is 2. The van der Waals surface area contributed by atoms with Gasteiger partial charge < -0.3 is 13.9 Å². The van der Waals surface area contributed by atoms with E-state index in [4.69, 9.17) is 13.9 Å². The number of hydrogen-bond acceptors (Lipinski definition) is 6. The Balaban J connectivity index is 1.76. The van der Waals surface area contributed by atoms with Crippen molar-refractivity contribution < 1.29 is 18.7 Å². The second kappa shape index (κ2) is 9.62. The quantitative estimate of drug-likeness (QED) is 0.265. The maximum absolute atomic E-state index is 13.8. The lowest BCUT2D eigenvalue weighted by atomic mass is 9.98. The number of rotatable bonds is 7. The van der Waals surface area contributed by atoms with Gasteiger partial charge in [0.15, 0.2) is 16.9 Å². The molecule has 0 N–H and O–H groups in total. The van der Waals surface area contributed by atoms with Crippen molar-refractivity contribution in [2.45, 2.75) is 19.9 Å². The minimum absolute atomic E-state index is 0.00747. The molecule has 0 fully saturated rings. The highest BCUT2D eigenvalue weighted by Gasteiger charge is 2.44. The molecule has 8 heteroatoms. The number of ether oxygens (including phenoxy) is 2. The molecule has 3 heterocycles. The first-order valence-corrected chi connectivity index (χ1v) is 12.3. The Morgan fingerprint density at radius 2 is 1.94 bits per heavy atom. The lowest BCUT2D eigenvalue weighted by molar-refractivity contribution is 0.0970. The van der Waals surface area contributed by atoms with Crippen LogP contribution in [-0.4, -0.2) is 24.1 Å². The second-order valence-electron chi connectivity index (χ2n) is 8.27. The van der Waals surface area contributed by atoms with Gasteiger partial charge in [0, 0.05) is 10.2 Å². The molecule has 1 atom stereocenters. The van der Waals surface area contributed by atoms with Crippen LogP contribution in [-0.2, 0) is 0 Å². The fraction of sp³-hybridized carbons (Fsp3) is 0.179. The third-order valence-corrected chi connectivity index (χ3v) is 6.39. The van der Waals surface area contributed by atoms with Crippen LogP contribution in [0.4, 0.5) is 5.82 Å². The third kappa shape index (κ3) is 4.07. The predicted octanol–water partition coefficient (Wildman–Crippen LogP) is 5.97. The van der Waals surface area contributed by atoms with E-state index in [1.54, 1.807) is 42.5 Å². The number of carbonyl (C=O) groups excluding carboxylic acids is 1. The highest BCUT2D eigenvalue weighted by molar-refractivity contribution is 9.10. The molecule has 1 unspecified atom stereocenters. The predicted molar refractivity (Wildman–Crippen MR) is 141 cm³/mol. The van der Waals surface area contributed by atoms with Crippen LogP contribution in [0.2, 0.25) is 0 Å². The molecule has 4 aromatic rings. The molecule has 182 valence electrons. The molecule has 0 saturated carbocycles. The van der Waals surface area contributed by atoms with Crippen LogP contribution in [0.25, 0.3) is 11.0 Å². The Hall–Kier alpha value is -3.91. The molecule has 2 aromatic carbocycles. The van der Waals surface area contributed by atoms with Gasteiger partial charge in [0.05, 0.1) is 23.6 Å². The summed E-state index contributed by atoms with van der Waals surface area (Å²) in [7, 11) is 0. The number of carbonyl (C=O) groups is 1. The molecule has 1 aliphatic rings. The molecule has 2 aromatic heterocycles. The number of aromatic nitrogens is 1. The largest absolute Gasteiger partial charge is 0.490 e. The third-order valence-electron chi connectivity index (χ3n) is 5.89. The fourth-order valence-electron chi connectivity index (χ4n) is 4.39. The number of aryl methyl sites for hydroxylation is 1. The van der Waals surface area contributed by atoms with Crippen molar-refractivity contribution in [3.63, 3.8) is 0 Å². The zero-order valence-corrected chi connectivity index (χ0v) is 21.4. The van der Waals surface area contributed by atoms with Crippen LogP contribution in [0.15, 0.2) is 80.9 Å². The van der Waals surface area contributed by atoms with Gasteiger partial charge in [-0.3, -0.25) is 14.5 Å². The van der Waals surface area contributed by atoms with Crippen molar-refractivity contribution >= 4 is 38.6 Å². The van der Waals surface area contributed by atoms with Gasteiger partial charge in [0.25, 0.3) is 5.91 Å². The van der Waals surface area contributed by atoms with E-state index in [0.717, 1.165) is 10.2 Å². The smallest absolute Gasteiger partial charge is 0.296 e. The summed E-state index contributed by atoms with van der Waals surface area (Å²) in [4.78, 5) is 33.7. The van der Waals surface area contributed by atoms with Crippen molar-refractivity contribution in [2.24, 2.45) is 0 Å². The van der Waals surface area contributed by atoms with Crippen LogP contribution in [0.1, 0.15) is 40.3 Å². The van der Waals surface area contributed by atoms with Crippen molar-refractivity contribution in [2.75, 3.05) is 18.1 Å². The van der Waals surface area contributed by atoms with Crippen LogP contribution in [0, 0.1) is 6.92 Å². The molecular weight excluding hydrogens is 524 g/mol. The normalized spacial score (nSPS) is 14.7. The van der Waals surface area contributed by atoms with Crippen molar-refractivity contribution in [1.82, 2.24) is 4.98 Å². The van der Waals surface area contributed by atoms with E-state index in [0.29, 0.717) is 47.1 Å². The highest BCUT2D eigenvalue weighted by atomic mass is 79.9. The van der Waals surface area contributed by atoms with Crippen molar-refractivity contribution in [3.05, 3.63) is 105 Å². The fourth-order valence-corrected chi connectivity index (χ4v) is 4.75. The summed E-state index contributed by atoms with van der Waals surface area (Å²) in [6.07, 6.45) is 1.65. The lowest BCUT2D eigenvalue weighted by Crippen LogP contribution is -2.30. The monoisotopic (exact) mass is 546 g/mol. The zero-order valence-electron chi connectivity index (χ0n) is 19.8. The summed E-state index contributed by atoms with van der Waals surface area (Å²) in [6, 6.07) is 15.2. The van der Waals surface area contributed by atoms with E-state index in [1.807, 2.05) is 32.0 Å². The Morgan fingerprint density at radius 1 is 1.11 bits per heavy atom. The molecule has 5 rings (SSSR count). The van der Waals surface area contributed by atoms with E-state index in [-0.39, 0.29) is 16.8 Å². The number of amides is 1. The number of nitrogens with zero attached hydrogens (tertiary/aromatic N) is 2. The average Bonchev–Trinajstić information content (AvgIpc) is 3.16. The van der Waals surface area contributed by atoms with Crippen LogP contribution < -0.4 is 19.8 Å². The topological polar surface area (TPSA) is 81.9 Å². The maximum Gasteiger partial charge on any atom is 0.296 e. The molecule has 1 amide bonds. The van der Waals surface area contributed by atoms with Crippen molar-refractivity contribution in [3.8, 4) is 11.5 Å². The summed E-state index contributed by atoms with van der Waals surface area (Å²) in [6.45, 7) is 8.14. The first kappa shape index (κ1) is 23.8. The summed E-state index contributed by atoms with van der Waals surface area (Å²) >= 11 is 3.43. The number of hydrogen-bond donors (Lipinski definition) is 0. The number of anilines is 1. The van der Waals surface area contributed by atoms with Crippen molar-refractivity contribution in [1.29, 1.82) is 0 Å². The lowest BCUT2D eigenvalue weighted by Gasteiger charge is -2.25. The van der Waals surface area contributed by atoms with Gasteiger partial charge in [0.1, 0.15) is 18.0 Å². The Bertz CT molecular complexity index is 1560. The van der Waals surface area contributed by atoms with Gasteiger partial charge in [-0.05, 0) is 61.9 Å². The van der Waals surface area contributed by atoms with Gasteiger partial charge in [-0.25, -0.2) is 4.98 Å². The summed E-state index contributed by atoms with van der Waals surface area (Å²) in [5, 5.41) is 0.385. The molecule has 7 nitrogen and oxygen atoms in total. The van der Waals surface area contributed by atoms with Crippen LogP contribution >= 0.6 is 15.9 Å². The molecule has 36 heavy (non-hydrogen) atoms. The Morgan fingerprint density at radius 3 is 2.69 bits per heavy atom. The van der Waals surface area contributed by atoms with E-state index in [9.17, 15) is 9.59 Å². The highest BCUT2D eigenvalue weighted by Crippen LogP contribution is 2.43. The molecule has 0 bridgehead atoms. The maximum atomic E-state index is 13.8. The summed E-state index contributed by atoms with van der Waals surface area (Å²) in [5.74, 6) is 1.04.